The summed E-state index contributed by atoms with van der Waals surface area (Å²) in [5, 5.41) is 32.0. The molecule has 3 N–H and O–H groups in total. The lowest BCUT2D eigenvalue weighted by Crippen LogP contribution is -2.68. The Balaban J connectivity index is 1.67. The zero-order valence-electron chi connectivity index (χ0n) is 21.0. The molecule has 8 atom stereocenters. The second-order valence-corrected chi connectivity index (χ2v) is 12.6. The molecule has 0 amide bonds. The smallest absolute Gasteiger partial charge is 0.312 e. The molecule has 1 aromatic carbocycles. The third-order valence-corrected chi connectivity index (χ3v) is 11.5. The molecule has 5 rings (SSSR count). The van der Waals surface area contributed by atoms with Gasteiger partial charge in [-0.05, 0) is 115 Å². The molecule has 0 aromatic heterocycles. The molecule has 0 heterocycles. The number of carbonyl (C=O) groups is 1. The first-order valence-electron chi connectivity index (χ1n) is 12.7. The first-order valence-corrected chi connectivity index (χ1v) is 12.7. The average molecular weight is 453 g/mol. The lowest BCUT2D eigenvalue weighted by Gasteiger charge is -2.69. The van der Waals surface area contributed by atoms with E-state index >= 15 is 0 Å². The minimum absolute atomic E-state index is 0.0100. The number of aliphatic carboxylic acids is 1. The molecule has 4 aliphatic carbocycles. The minimum Gasteiger partial charge on any atom is -0.481 e. The molecule has 0 aliphatic heterocycles. The molecular formula is C29H40O4. The number of fused-ring (bicyclic) bond motifs is 7. The summed E-state index contributed by atoms with van der Waals surface area (Å²) in [7, 11) is 0. The van der Waals surface area contributed by atoms with Gasteiger partial charge in [-0.25, -0.2) is 0 Å². The van der Waals surface area contributed by atoms with Crippen molar-refractivity contribution in [1.29, 1.82) is 0 Å². The van der Waals surface area contributed by atoms with Gasteiger partial charge in [-0.15, -0.1) is 0 Å². The van der Waals surface area contributed by atoms with E-state index in [1.807, 2.05) is 0 Å². The Morgan fingerprint density at radius 1 is 1.03 bits per heavy atom. The van der Waals surface area contributed by atoms with Gasteiger partial charge in [0.2, 0.25) is 0 Å². The van der Waals surface area contributed by atoms with Crippen molar-refractivity contribution < 1.29 is 20.1 Å². The highest BCUT2D eigenvalue weighted by Gasteiger charge is 2.69. The van der Waals surface area contributed by atoms with Crippen molar-refractivity contribution in [1.82, 2.24) is 0 Å². The maximum Gasteiger partial charge on any atom is 0.312 e. The predicted molar refractivity (Wildman–Crippen MR) is 130 cm³/mol. The summed E-state index contributed by atoms with van der Waals surface area (Å²) in [6.07, 6.45) is 5.50. The fraction of sp³-hybridized carbons (Fsp3) is 0.690. The standard InChI is InChI=1S/C29H40O4/c1-16-7-8-18-11-13-27(4)19(23(18)17(16)2)9-10-21-26(3)15-20(30)24(31)29(6,25(32)33)22(26)12-14-28(21,27)5/h7-9,20-22,24,30-31H,10-15H2,1-6H3,(H,32,33)/t20-,21-,22-,24+,26-,27-,28-,29+/m1/s1. The second kappa shape index (κ2) is 6.95. The van der Waals surface area contributed by atoms with E-state index in [0.29, 0.717) is 6.42 Å². The quantitative estimate of drug-likeness (QED) is 0.540. The molecule has 33 heavy (non-hydrogen) atoms. The van der Waals surface area contributed by atoms with Crippen LogP contribution in [0, 0.1) is 47.3 Å². The summed E-state index contributed by atoms with van der Waals surface area (Å²) in [5.74, 6) is -0.869. The van der Waals surface area contributed by atoms with Crippen molar-refractivity contribution in [2.24, 2.45) is 33.5 Å². The number of carboxylic acid groups (broad SMARTS) is 1. The van der Waals surface area contributed by atoms with Gasteiger partial charge in [0.15, 0.2) is 0 Å². The van der Waals surface area contributed by atoms with Gasteiger partial charge in [-0.1, -0.05) is 39.0 Å². The van der Waals surface area contributed by atoms with Crippen molar-refractivity contribution in [3.63, 3.8) is 0 Å². The molecule has 0 saturated heterocycles. The Morgan fingerprint density at radius 2 is 1.73 bits per heavy atom. The highest BCUT2D eigenvalue weighted by molar-refractivity contribution is 5.79. The molecule has 4 aliphatic rings. The van der Waals surface area contributed by atoms with Gasteiger partial charge in [-0.2, -0.15) is 0 Å². The Bertz CT molecular complexity index is 1060. The lowest BCUT2D eigenvalue weighted by molar-refractivity contribution is -0.234. The third-order valence-electron chi connectivity index (χ3n) is 11.5. The molecule has 4 heteroatoms. The number of benzene rings is 1. The Kier molecular flexibility index (Phi) is 4.86. The van der Waals surface area contributed by atoms with E-state index in [1.165, 1.54) is 27.8 Å². The first kappa shape index (κ1) is 23.1. The maximum absolute atomic E-state index is 12.5. The topological polar surface area (TPSA) is 77.8 Å². The number of carboxylic acids is 1. The molecule has 0 bridgehead atoms. The third kappa shape index (κ3) is 2.63. The second-order valence-electron chi connectivity index (χ2n) is 12.6. The van der Waals surface area contributed by atoms with Crippen LogP contribution in [0.2, 0.25) is 0 Å². The van der Waals surface area contributed by atoms with E-state index < -0.39 is 23.6 Å². The highest BCUT2D eigenvalue weighted by atomic mass is 16.4. The molecule has 0 spiro atoms. The van der Waals surface area contributed by atoms with E-state index in [4.69, 9.17) is 0 Å². The van der Waals surface area contributed by atoms with E-state index in [0.717, 1.165) is 32.1 Å². The van der Waals surface area contributed by atoms with Gasteiger partial charge in [0.25, 0.3) is 0 Å². The molecular weight excluding hydrogens is 412 g/mol. The highest BCUT2D eigenvalue weighted by Crippen LogP contribution is 2.73. The van der Waals surface area contributed by atoms with Crippen LogP contribution < -0.4 is 0 Å². The van der Waals surface area contributed by atoms with Crippen molar-refractivity contribution in [2.75, 3.05) is 0 Å². The van der Waals surface area contributed by atoms with Gasteiger partial charge in [0.1, 0.15) is 0 Å². The van der Waals surface area contributed by atoms with E-state index in [9.17, 15) is 20.1 Å². The van der Waals surface area contributed by atoms with Crippen LogP contribution in [-0.2, 0) is 11.2 Å². The van der Waals surface area contributed by atoms with Crippen LogP contribution >= 0.6 is 0 Å². The van der Waals surface area contributed by atoms with Gasteiger partial charge in [0, 0.05) is 0 Å². The van der Waals surface area contributed by atoms with E-state index in [1.54, 1.807) is 6.92 Å². The average Bonchev–Trinajstić information content (AvgIpc) is 2.74. The Hall–Kier alpha value is -1.65. The predicted octanol–water partition coefficient (Wildman–Crippen LogP) is 5.30. The van der Waals surface area contributed by atoms with Crippen LogP contribution in [0.25, 0.3) is 5.57 Å². The summed E-state index contributed by atoms with van der Waals surface area (Å²) in [6, 6.07) is 4.56. The van der Waals surface area contributed by atoms with Crippen LogP contribution in [0.5, 0.6) is 0 Å². The largest absolute Gasteiger partial charge is 0.481 e. The van der Waals surface area contributed by atoms with Crippen LogP contribution in [0.1, 0.15) is 82.1 Å². The van der Waals surface area contributed by atoms with Gasteiger partial charge in [0.05, 0.1) is 17.6 Å². The summed E-state index contributed by atoms with van der Waals surface area (Å²) in [6.45, 7) is 13.2. The fourth-order valence-corrected chi connectivity index (χ4v) is 9.23. The Labute approximate surface area is 198 Å². The Morgan fingerprint density at radius 3 is 2.39 bits per heavy atom. The lowest BCUT2D eigenvalue weighted by atomic mass is 9.35. The van der Waals surface area contributed by atoms with Crippen molar-refractivity contribution in [3.8, 4) is 0 Å². The van der Waals surface area contributed by atoms with Crippen LogP contribution in [0.3, 0.4) is 0 Å². The number of hydrogen-bond acceptors (Lipinski definition) is 3. The number of allylic oxidation sites excluding steroid dienone is 2. The first-order chi connectivity index (χ1) is 15.3. The maximum atomic E-state index is 12.5. The van der Waals surface area contributed by atoms with Gasteiger partial charge in [-0.3, -0.25) is 4.79 Å². The fourth-order valence-electron chi connectivity index (χ4n) is 9.23. The molecule has 4 nitrogen and oxygen atoms in total. The van der Waals surface area contributed by atoms with E-state index in [-0.39, 0.29) is 28.1 Å². The van der Waals surface area contributed by atoms with Crippen molar-refractivity contribution >= 4 is 11.5 Å². The summed E-state index contributed by atoms with van der Waals surface area (Å²) in [5.41, 5.74) is 5.47. The minimum atomic E-state index is -1.33. The molecule has 0 radical (unpaired) electrons. The number of aliphatic hydroxyl groups is 2. The van der Waals surface area contributed by atoms with Crippen LogP contribution in [-0.4, -0.2) is 33.5 Å². The van der Waals surface area contributed by atoms with Gasteiger partial charge >= 0.3 is 5.97 Å². The summed E-state index contributed by atoms with van der Waals surface area (Å²) < 4.78 is 0. The van der Waals surface area contributed by atoms with Crippen LogP contribution in [0.4, 0.5) is 0 Å². The summed E-state index contributed by atoms with van der Waals surface area (Å²) in [4.78, 5) is 12.5. The number of aliphatic hydroxyl groups excluding tert-OH is 2. The number of aryl methyl sites for hydroxylation is 2. The number of hydrogen-bond donors (Lipinski definition) is 3. The monoisotopic (exact) mass is 452 g/mol. The molecule has 2 fully saturated rings. The molecule has 0 unspecified atom stereocenters. The zero-order valence-corrected chi connectivity index (χ0v) is 21.0. The number of rotatable bonds is 1. The van der Waals surface area contributed by atoms with Gasteiger partial charge < -0.3 is 15.3 Å². The summed E-state index contributed by atoms with van der Waals surface area (Å²) >= 11 is 0. The molecule has 180 valence electrons. The van der Waals surface area contributed by atoms with E-state index in [2.05, 4.69) is 52.8 Å². The molecule has 1 aromatic rings. The normalized spacial score (nSPS) is 46.4. The van der Waals surface area contributed by atoms with Crippen molar-refractivity contribution in [2.45, 2.75) is 92.3 Å². The van der Waals surface area contributed by atoms with Crippen molar-refractivity contribution in [3.05, 3.63) is 40.5 Å². The zero-order chi connectivity index (χ0) is 24.1. The van der Waals surface area contributed by atoms with Crippen LogP contribution in [0.15, 0.2) is 18.2 Å². The SMILES string of the molecule is Cc1ccc2c(c1C)C1=CC[C@@H]3[C@@]4(C)C[C@@H](O)[C@H](O)[C@@](C)(C(=O)O)[C@@H]4CC[C@@]3(C)[C@]1(C)CC2. The molecule has 2 saturated carbocycles.